The van der Waals surface area contributed by atoms with E-state index >= 15 is 0 Å². The van der Waals surface area contributed by atoms with Crippen LogP contribution in [-0.4, -0.2) is 9.97 Å². The monoisotopic (exact) mass is 253 g/mol. The van der Waals surface area contributed by atoms with Crippen LogP contribution in [0.2, 0.25) is 0 Å². The van der Waals surface area contributed by atoms with Crippen molar-refractivity contribution in [1.29, 1.82) is 0 Å². The average molecular weight is 253 g/mol. The van der Waals surface area contributed by atoms with Gasteiger partial charge in [0, 0.05) is 18.1 Å². The minimum absolute atomic E-state index is 0.877. The molecule has 0 spiro atoms. The summed E-state index contributed by atoms with van der Waals surface area (Å²) in [4.78, 5) is 9.73. The van der Waals surface area contributed by atoms with E-state index in [1.54, 1.807) is 17.5 Å². The summed E-state index contributed by atoms with van der Waals surface area (Å²) in [7, 11) is 0. The van der Waals surface area contributed by atoms with E-state index in [2.05, 4.69) is 15.3 Å². The van der Waals surface area contributed by atoms with Crippen LogP contribution in [0, 0.1) is 0 Å². The summed E-state index contributed by atoms with van der Waals surface area (Å²) < 4.78 is 0. The number of nitrogens with one attached hydrogen (secondary N) is 1. The zero-order valence-corrected chi connectivity index (χ0v) is 10.4. The molecule has 2 heterocycles. The fraction of sp³-hybridized carbons (Fsp3) is 0. The van der Waals surface area contributed by atoms with Crippen LogP contribution in [-0.2, 0) is 0 Å². The number of anilines is 2. The Morgan fingerprint density at radius 1 is 0.889 bits per heavy atom. The van der Waals surface area contributed by atoms with Gasteiger partial charge >= 0.3 is 0 Å². The Balaban J connectivity index is 1.82. The SMILES string of the molecule is c1ccc(Nc2ncc(-c3ccccn3)s2)cc1. The van der Waals surface area contributed by atoms with Crippen LogP contribution in [0.4, 0.5) is 10.8 Å². The van der Waals surface area contributed by atoms with Crippen molar-refractivity contribution in [3.63, 3.8) is 0 Å². The second-order valence-corrected chi connectivity index (χ2v) is 4.77. The predicted molar refractivity (Wildman–Crippen MR) is 75.1 cm³/mol. The van der Waals surface area contributed by atoms with Gasteiger partial charge in [0.1, 0.15) is 0 Å². The molecule has 0 atom stereocenters. The molecule has 3 nitrogen and oxygen atoms in total. The Hall–Kier alpha value is -2.20. The van der Waals surface area contributed by atoms with Gasteiger partial charge in [0.15, 0.2) is 5.13 Å². The third-order valence-corrected chi connectivity index (χ3v) is 3.38. The molecule has 0 fully saturated rings. The normalized spacial score (nSPS) is 10.2. The highest BCUT2D eigenvalue weighted by molar-refractivity contribution is 7.18. The lowest BCUT2D eigenvalue weighted by Gasteiger charge is -2.00. The number of pyridine rings is 1. The number of thiazole rings is 1. The summed E-state index contributed by atoms with van der Waals surface area (Å²) in [6.07, 6.45) is 3.64. The Kier molecular flexibility index (Phi) is 3.02. The van der Waals surface area contributed by atoms with E-state index in [-0.39, 0.29) is 0 Å². The van der Waals surface area contributed by atoms with Crippen molar-refractivity contribution >= 4 is 22.2 Å². The molecule has 4 heteroatoms. The topological polar surface area (TPSA) is 37.8 Å². The molecular formula is C14H11N3S. The van der Waals surface area contributed by atoms with Crippen LogP contribution in [0.5, 0.6) is 0 Å². The van der Waals surface area contributed by atoms with E-state index < -0.39 is 0 Å². The molecule has 18 heavy (non-hydrogen) atoms. The highest BCUT2D eigenvalue weighted by Gasteiger charge is 2.04. The first-order valence-corrected chi connectivity index (χ1v) is 6.43. The molecule has 2 aromatic heterocycles. The van der Waals surface area contributed by atoms with Crippen LogP contribution in [0.1, 0.15) is 0 Å². The Morgan fingerprint density at radius 3 is 2.50 bits per heavy atom. The van der Waals surface area contributed by atoms with Gasteiger partial charge in [-0.25, -0.2) is 4.98 Å². The van der Waals surface area contributed by atoms with Crippen molar-refractivity contribution in [2.75, 3.05) is 5.32 Å². The van der Waals surface area contributed by atoms with Crippen molar-refractivity contribution in [2.45, 2.75) is 0 Å². The molecule has 3 rings (SSSR count). The van der Waals surface area contributed by atoms with E-state index in [1.807, 2.05) is 54.7 Å². The number of hydrogen-bond acceptors (Lipinski definition) is 4. The number of hydrogen-bond donors (Lipinski definition) is 1. The van der Waals surface area contributed by atoms with Crippen LogP contribution >= 0.6 is 11.3 Å². The van der Waals surface area contributed by atoms with Crippen LogP contribution in [0.15, 0.2) is 60.9 Å². The molecule has 0 saturated carbocycles. The fourth-order valence-electron chi connectivity index (χ4n) is 1.60. The van der Waals surface area contributed by atoms with Crippen molar-refractivity contribution in [3.8, 4) is 10.6 Å². The van der Waals surface area contributed by atoms with E-state index in [0.29, 0.717) is 0 Å². The third kappa shape index (κ3) is 2.38. The summed E-state index contributed by atoms with van der Waals surface area (Å²) in [6.45, 7) is 0. The molecule has 0 aliphatic heterocycles. The third-order valence-electron chi connectivity index (χ3n) is 2.45. The summed E-state index contributed by atoms with van der Waals surface area (Å²) in [5.41, 5.74) is 2.00. The number of rotatable bonds is 3. The molecule has 1 N–H and O–H groups in total. The van der Waals surface area contributed by atoms with Crippen molar-refractivity contribution < 1.29 is 0 Å². The van der Waals surface area contributed by atoms with Crippen molar-refractivity contribution in [2.24, 2.45) is 0 Å². The standard InChI is InChI=1S/C14H11N3S/c1-2-6-11(7-3-1)17-14-16-10-13(18-14)12-8-4-5-9-15-12/h1-10H,(H,16,17). The van der Waals surface area contributed by atoms with Gasteiger partial charge in [-0.05, 0) is 24.3 Å². The van der Waals surface area contributed by atoms with Gasteiger partial charge in [0.05, 0.1) is 10.6 Å². The maximum absolute atomic E-state index is 4.36. The summed E-state index contributed by atoms with van der Waals surface area (Å²) in [5, 5.41) is 4.15. The van der Waals surface area contributed by atoms with E-state index in [1.165, 1.54) is 0 Å². The van der Waals surface area contributed by atoms with Gasteiger partial charge in [-0.1, -0.05) is 35.6 Å². The van der Waals surface area contributed by atoms with Crippen molar-refractivity contribution in [1.82, 2.24) is 9.97 Å². The molecule has 88 valence electrons. The first-order valence-electron chi connectivity index (χ1n) is 5.61. The first kappa shape index (κ1) is 10.9. The molecule has 0 aliphatic carbocycles. The lowest BCUT2D eigenvalue weighted by atomic mass is 10.3. The first-order chi connectivity index (χ1) is 8.92. The van der Waals surface area contributed by atoms with Gasteiger partial charge in [-0.2, -0.15) is 0 Å². The Morgan fingerprint density at radius 2 is 1.72 bits per heavy atom. The number of nitrogens with zero attached hydrogens (tertiary/aromatic N) is 2. The lowest BCUT2D eigenvalue weighted by Crippen LogP contribution is -1.87. The molecule has 0 radical (unpaired) electrons. The van der Waals surface area contributed by atoms with Gasteiger partial charge in [0.2, 0.25) is 0 Å². The molecule has 0 amide bonds. The van der Waals surface area contributed by atoms with Gasteiger partial charge in [0.25, 0.3) is 0 Å². The number of para-hydroxylation sites is 1. The quantitative estimate of drug-likeness (QED) is 0.768. The molecule has 0 saturated heterocycles. The maximum Gasteiger partial charge on any atom is 0.187 e. The molecular weight excluding hydrogens is 242 g/mol. The number of benzene rings is 1. The summed E-state index contributed by atoms with van der Waals surface area (Å²) >= 11 is 1.60. The van der Waals surface area contributed by atoms with Gasteiger partial charge in [-0.3, -0.25) is 4.98 Å². The van der Waals surface area contributed by atoms with Crippen LogP contribution in [0.3, 0.4) is 0 Å². The minimum Gasteiger partial charge on any atom is -0.332 e. The summed E-state index contributed by atoms with van der Waals surface area (Å²) in [6, 6.07) is 15.9. The van der Waals surface area contributed by atoms with Gasteiger partial charge in [-0.15, -0.1) is 0 Å². The van der Waals surface area contributed by atoms with E-state index in [0.717, 1.165) is 21.4 Å². The largest absolute Gasteiger partial charge is 0.332 e. The zero-order chi connectivity index (χ0) is 12.2. The van der Waals surface area contributed by atoms with Crippen molar-refractivity contribution in [3.05, 3.63) is 60.9 Å². The molecule has 0 aliphatic rings. The smallest absolute Gasteiger partial charge is 0.187 e. The second-order valence-electron chi connectivity index (χ2n) is 3.74. The number of aromatic nitrogens is 2. The average Bonchev–Trinajstić information content (AvgIpc) is 2.89. The molecule has 0 unspecified atom stereocenters. The molecule has 3 aromatic rings. The lowest BCUT2D eigenvalue weighted by molar-refractivity contribution is 1.32. The minimum atomic E-state index is 0.877. The van der Waals surface area contributed by atoms with Crippen LogP contribution < -0.4 is 5.32 Å². The molecule has 1 aromatic carbocycles. The Bertz CT molecular complexity index is 620. The second kappa shape index (κ2) is 4.98. The van der Waals surface area contributed by atoms with E-state index in [9.17, 15) is 0 Å². The highest BCUT2D eigenvalue weighted by atomic mass is 32.1. The highest BCUT2D eigenvalue weighted by Crippen LogP contribution is 2.28. The van der Waals surface area contributed by atoms with Crippen LogP contribution in [0.25, 0.3) is 10.6 Å². The Labute approximate surface area is 109 Å². The van der Waals surface area contributed by atoms with E-state index in [4.69, 9.17) is 0 Å². The maximum atomic E-state index is 4.36. The molecule has 0 bridgehead atoms. The predicted octanol–water partition coefficient (Wildman–Crippen LogP) is 3.95. The summed E-state index contributed by atoms with van der Waals surface area (Å²) in [5.74, 6) is 0. The zero-order valence-electron chi connectivity index (χ0n) is 9.58. The van der Waals surface area contributed by atoms with Gasteiger partial charge < -0.3 is 5.32 Å². The fourth-order valence-corrected chi connectivity index (χ4v) is 2.42.